The van der Waals surface area contributed by atoms with E-state index in [0.29, 0.717) is 0 Å². The van der Waals surface area contributed by atoms with Crippen molar-refractivity contribution in [3.8, 4) is 0 Å². The molecule has 1 aliphatic rings. The number of carbonyl (C=O) groups excluding carboxylic acids is 1. The normalized spacial score (nSPS) is 19.6. The standard InChI is InChI=1S/C9H12F2O3/c1-5(2)14-8(13)7-6(4-12)3-9(7,10)11/h5,12H,3-4H2,1-2H3. The highest BCUT2D eigenvalue weighted by atomic mass is 19.3. The second-order valence-corrected chi connectivity index (χ2v) is 3.47. The molecule has 0 aliphatic heterocycles. The van der Waals surface area contributed by atoms with Crippen molar-refractivity contribution in [2.45, 2.75) is 32.3 Å². The Morgan fingerprint density at radius 2 is 2.21 bits per heavy atom. The van der Waals surface area contributed by atoms with E-state index in [1.54, 1.807) is 13.8 Å². The van der Waals surface area contributed by atoms with Gasteiger partial charge in [0.2, 0.25) is 0 Å². The van der Waals surface area contributed by atoms with E-state index >= 15 is 0 Å². The molecule has 80 valence electrons. The number of carbonyl (C=O) groups is 1. The fourth-order valence-corrected chi connectivity index (χ4v) is 1.30. The summed E-state index contributed by atoms with van der Waals surface area (Å²) in [5, 5.41) is 8.67. The van der Waals surface area contributed by atoms with E-state index in [-0.39, 0.29) is 5.57 Å². The van der Waals surface area contributed by atoms with Crippen LogP contribution in [-0.2, 0) is 9.53 Å². The minimum atomic E-state index is -3.13. The Bertz CT molecular complexity index is 282. The van der Waals surface area contributed by atoms with Crippen LogP contribution in [0.4, 0.5) is 8.78 Å². The van der Waals surface area contributed by atoms with Crippen LogP contribution in [0, 0.1) is 0 Å². The lowest BCUT2D eigenvalue weighted by atomic mass is 9.84. The summed E-state index contributed by atoms with van der Waals surface area (Å²) in [6, 6.07) is 0. The van der Waals surface area contributed by atoms with Gasteiger partial charge in [-0.1, -0.05) is 0 Å². The van der Waals surface area contributed by atoms with Gasteiger partial charge in [0.05, 0.1) is 12.7 Å². The molecule has 0 fully saturated rings. The van der Waals surface area contributed by atoms with Gasteiger partial charge >= 0.3 is 5.97 Å². The number of alkyl halides is 2. The zero-order valence-corrected chi connectivity index (χ0v) is 8.01. The minimum absolute atomic E-state index is 0.0700. The van der Waals surface area contributed by atoms with Crippen molar-refractivity contribution in [1.29, 1.82) is 0 Å². The first-order chi connectivity index (χ1) is 6.38. The molecule has 0 aromatic carbocycles. The Balaban J connectivity index is 2.80. The summed E-state index contributed by atoms with van der Waals surface area (Å²) in [5.41, 5.74) is -0.602. The molecule has 3 nitrogen and oxygen atoms in total. The van der Waals surface area contributed by atoms with Crippen LogP contribution in [0.2, 0.25) is 0 Å². The molecule has 0 aromatic rings. The highest BCUT2D eigenvalue weighted by Crippen LogP contribution is 2.43. The maximum Gasteiger partial charge on any atom is 0.340 e. The van der Waals surface area contributed by atoms with Gasteiger partial charge in [0.25, 0.3) is 5.92 Å². The molecular formula is C9H12F2O3. The lowest BCUT2D eigenvalue weighted by molar-refractivity contribution is -0.148. The number of esters is 1. The van der Waals surface area contributed by atoms with Crippen molar-refractivity contribution in [1.82, 2.24) is 0 Å². The maximum absolute atomic E-state index is 12.9. The number of hydrogen-bond donors (Lipinski definition) is 1. The van der Waals surface area contributed by atoms with Crippen molar-refractivity contribution < 1.29 is 23.4 Å². The maximum atomic E-state index is 12.9. The molecule has 5 heteroatoms. The van der Waals surface area contributed by atoms with E-state index in [0.717, 1.165) is 0 Å². The van der Waals surface area contributed by atoms with E-state index in [2.05, 4.69) is 4.74 Å². The summed E-state index contributed by atoms with van der Waals surface area (Å²) in [7, 11) is 0. The molecule has 0 unspecified atom stereocenters. The Morgan fingerprint density at radius 1 is 1.64 bits per heavy atom. The Morgan fingerprint density at radius 3 is 2.57 bits per heavy atom. The third-order valence-electron chi connectivity index (χ3n) is 1.89. The monoisotopic (exact) mass is 206 g/mol. The lowest BCUT2D eigenvalue weighted by Crippen LogP contribution is -2.39. The average molecular weight is 206 g/mol. The zero-order valence-electron chi connectivity index (χ0n) is 8.01. The number of hydrogen-bond acceptors (Lipinski definition) is 3. The first-order valence-electron chi connectivity index (χ1n) is 4.30. The number of ether oxygens (including phenoxy) is 1. The number of rotatable bonds is 3. The molecule has 0 atom stereocenters. The van der Waals surface area contributed by atoms with Gasteiger partial charge in [0.15, 0.2) is 0 Å². The summed E-state index contributed by atoms with van der Waals surface area (Å²) in [5.74, 6) is -4.16. The molecule has 0 heterocycles. The average Bonchev–Trinajstić information content (AvgIpc) is 1.98. The molecule has 0 saturated carbocycles. The van der Waals surface area contributed by atoms with Gasteiger partial charge in [-0.15, -0.1) is 0 Å². The third-order valence-corrected chi connectivity index (χ3v) is 1.89. The van der Waals surface area contributed by atoms with Crippen molar-refractivity contribution >= 4 is 5.97 Å². The van der Waals surface area contributed by atoms with Crippen LogP contribution in [0.5, 0.6) is 0 Å². The van der Waals surface area contributed by atoms with Crippen molar-refractivity contribution in [2.75, 3.05) is 6.61 Å². The van der Waals surface area contributed by atoms with Crippen LogP contribution in [0.3, 0.4) is 0 Å². The fourth-order valence-electron chi connectivity index (χ4n) is 1.30. The van der Waals surface area contributed by atoms with Gasteiger partial charge in [0.1, 0.15) is 5.57 Å². The summed E-state index contributed by atoms with van der Waals surface area (Å²) >= 11 is 0. The molecule has 0 aromatic heterocycles. The molecule has 1 N–H and O–H groups in total. The fraction of sp³-hybridized carbons (Fsp3) is 0.667. The summed E-state index contributed by atoms with van der Waals surface area (Å²) in [6.07, 6.45) is -0.988. The van der Waals surface area contributed by atoms with Gasteiger partial charge in [-0.3, -0.25) is 0 Å². The van der Waals surface area contributed by atoms with Crippen molar-refractivity contribution in [3.05, 3.63) is 11.1 Å². The SMILES string of the molecule is CC(C)OC(=O)C1=C(CO)CC1(F)F. The molecule has 0 spiro atoms. The molecule has 0 radical (unpaired) electrons. The van der Waals surface area contributed by atoms with E-state index in [9.17, 15) is 13.6 Å². The number of halogens is 2. The van der Waals surface area contributed by atoms with Crippen LogP contribution in [0.1, 0.15) is 20.3 Å². The van der Waals surface area contributed by atoms with Crippen LogP contribution >= 0.6 is 0 Å². The molecule has 0 amide bonds. The predicted octanol–water partition coefficient (Wildman–Crippen LogP) is 1.27. The van der Waals surface area contributed by atoms with Gasteiger partial charge in [-0.2, -0.15) is 0 Å². The smallest absolute Gasteiger partial charge is 0.340 e. The third kappa shape index (κ3) is 1.92. The molecule has 0 saturated heterocycles. The number of aliphatic hydroxyl groups excluding tert-OH is 1. The van der Waals surface area contributed by atoms with Gasteiger partial charge < -0.3 is 9.84 Å². The van der Waals surface area contributed by atoms with Crippen LogP contribution < -0.4 is 0 Å². The lowest BCUT2D eigenvalue weighted by Gasteiger charge is -2.31. The summed E-state index contributed by atoms with van der Waals surface area (Å²) in [4.78, 5) is 11.1. The van der Waals surface area contributed by atoms with Crippen molar-refractivity contribution in [2.24, 2.45) is 0 Å². The predicted molar refractivity (Wildman–Crippen MR) is 44.9 cm³/mol. The van der Waals surface area contributed by atoms with E-state index in [1.165, 1.54) is 0 Å². The first-order valence-corrected chi connectivity index (χ1v) is 4.30. The van der Waals surface area contributed by atoms with Crippen LogP contribution in [-0.4, -0.2) is 29.7 Å². The quantitative estimate of drug-likeness (QED) is 0.707. The second-order valence-electron chi connectivity index (χ2n) is 3.47. The highest BCUT2D eigenvalue weighted by Gasteiger charge is 2.50. The van der Waals surface area contributed by atoms with Crippen LogP contribution in [0.25, 0.3) is 0 Å². The van der Waals surface area contributed by atoms with Gasteiger partial charge in [-0.25, -0.2) is 13.6 Å². The highest BCUT2D eigenvalue weighted by molar-refractivity contribution is 5.93. The summed E-state index contributed by atoms with van der Waals surface area (Å²) < 4.78 is 30.4. The second kappa shape index (κ2) is 3.65. The van der Waals surface area contributed by atoms with E-state index in [1.807, 2.05) is 0 Å². The van der Waals surface area contributed by atoms with E-state index in [4.69, 9.17) is 5.11 Å². The molecule has 1 rings (SSSR count). The van der Waals surface area contributed by atoms with Crippen molar-refractivity contribution in [3.63, 3.8) is 0 Å². The molecule has 14 heavy (non-hydrogen) atoms. The zero-order chi connectivity index (χ0) is 10.9. The minimum Gasteiger partial charge on any atom is -0.459 e. The molecule has 0 bridgehead atoms. The largest absolute Gasteiger partial charge is 0.459 e. The Labute approximate surface area is 80.4 Å². The summed E-state index contributed by atoms with van der Waals surface area (Å²) in [6.45, 7) is 2.64. The van der Waals surface area contributed by atoms with Gasteiger partial charge in [0, 0.05) is 6.42 Å². The topological polar surface area (TPSA) is 46.5 Å². The Kier molecular flexibility index (Phi) is 2.89. The Hall–Kier alpha value is -0.970. The number of aliphatic hydroxyl groups is 1. The first kappa shape index (κ1) is 11.1. The molecular weight excluding hydrogens is 194 g/mol. The van der Waals surface area contributed by atoms with Crippen LogP contribution in [0.15, 0.2) is 11.1 Å². The molecule has 1 aliphatic carbocycles. The van der Waals surface area contributed by atoms with E-state index < -0.39 is 36.6 Å². The van der Waals surface area contributed by atoms with Gasteiger partial charge in [-0.05, 0) is 19.4 Å².